The van der Waals surface area contributed by atoms with Crippen LogP contribution in [-0.2, 0) is 6.42 Å². The molecule has 20 heavy (non-hydrogen) atoms. The van der Waals surface area contributed by atoms with E-state index in [0.717, 1.165) is 25.2 Å². The lowest BCUT2D eigenvalue weighted by atomic mass is 10.0. The van der Waals surface area contributed by atoms with Crippen molar-refractivity contribution in [2.75, 3.05) is 24.0 Å². The first-order valence-corrected chi connectivity index (χ1v) is 6.56. The fourth-order valence-electron chi connectivity index (χ4n) is 2.60. The average Bonchev–Trinajstić information content (AvgIpc) is 2.53. The fourth-order valence-corrected chi connectivity index (χ4v) is 2.60. The van der Waals surface area contributed by atoms with Gasteiger partial charge in [0.05, 0.1) is 7.11 Å². The minimum Gasteiger partial charge on any atom is -0.490 e. The maximum Gasteiger partial charge on any atom is 0.206 e. The third-order valence-corrected chi connectivity index (χ3v) is 3.49. The predicted molar refractivity (Wildman–Crippen MR) is 78.2 cm³/mol. The minimum absolute atomic E-state index is 0.487. The van der Waals surface area contributed by atoms with Crippen LogP contribution in [-0.4, -0.2) is 23.6 Å². The van der Waals surface area contributed by atoms with E-state index in [-0.39, 0.29) is 0 Å². The van der Waals surface area contributed by atoms with Crippen LogP contribution in [0.1, 0.15) is 12.0 Å². The van der Waals surface area contributed by atoms with Crippen molar-refractivity contribution in [1.82, 2.24) is 9.97 Å². The summed E-state index contributed by atoms with van der Waals surface area (Å²) >= 11 is 0. The smallest absolute Gasteiger partial charge is 0.206 e. The van der Waals surface area contributed by atoms with Gasteiger partial charge in [-0.3, -0.25) is 0 Å². The first kappa shape index (κ1) is 12.7. The lowest BCUT2D eigenvalue weighted by Crippen LogP contribution is -2.26. The number of fused-ring (bicyclic) bond motifs is 1. The molecule has 1 aromatic carbocycles. The Morgan fingerprint density at radius 2 is 2.15 bits per heavy atom. The van der Waals surface area contributed by atoms with Gasteiger partial charge in [0, 0.05) is 12.2 Å². The third-order valence-electron chi connectivity index (χ3n) is 3.49. The molecule has 3 N–H and O–H groups in total. The highest BCUT2D eigenvalue weighted by atomic mass is 16.5. The lowest BCUT2D eigenvalue weighted by Gasteiger charge is -2.31. The summed E-state index contributed by atoms with van der Waals surface area (Å²) in [7, 11) is 1.60. The topological polar surface area (TPSA) is 76.3 Å². The molecule has 0 radical (unpaired) electrons. The number of methoxy groups -OCH3 is 1. The van der Waals surface area contributed by atoms with Crippen LogP contribution in [0.2, 0.25) is 0 Å². The van der Waals surface area contributed by atoms with Crippen molar-refractivity contribution in [1.29, 1.82) is 0 Å². The van der Waals surface area contributed by atoms with E-state index < -0.39 is 0 Å². The normalized spacial score (nSPS) is 13.8. The number of hydrogen-bond donors (Lipinski definition) is 2. The van der Waals surface area contributed by atoms with Crippen molar-refractivity contribution in [3.05, 3.63) is 36.2 Å². The maximum atomic E-state index is 5.48. The molecule has 2 heterocycles. The van der Waals surface area contributed by atoms with Gasteiger partial charge in [-0.2, -0.15) is 0 Å². The summed E-state index contributed by atoms with van der Waals surface area (Å²) in [4.78, 5) is 10.6. The molecule has 1 aliphatic rings. The van der Waals surface area contributed by atoms with Gasteiger partial charge in [0.1, 0.15) is 6.33 Å². The van der Waals surface area contributed by atoms with Gasteiger partial charge in [-0.15, -0.1) is 0 Å². The average molecular weight is 271 g/mol. The van der Waals surface area contributed by atoms with Gasteiger partial charge in [0.15, 0.2) is 11.6 Å². The van der Waals surface area contributed by atoms with Crippen LogP contribution in [0.3, 0.4) is 0 Å². The number of hydrogen-bond acceptors (Lipinski definition) is 6. The fraction of sp³-hybridized carbons (Fsp3) is 0.286. The quantitative estimate of drug-likeness (QED) is 0.655. The van der Waals surface area contributed by atoms with Crippen LogP contribution < -0.4 is 20.9 Å². The number of nitrogens with one attached hydrogen (secondary N) is 1. The zero-order chi connectivity index (χ0) is 13.9. The molecule has 0 spiro atoms. The van der Waals surface area contributed by atoms with Crippen molar-refractivity contribution in [2.24, 2.45) is 5.84 Å². The highest BCUT2D eigenvalue weighted by Crippen LogP contribution is 2.39. The molecule has 0 unspecified atom stereocenters. The Balaban J connectivity index is 2.11. The number of para-hydroxylation sites is 1. The molecule has 0 atom stereocenters. The van der Waals surface area contributed by atoms with Crippen molar-refractivity contribution in [2.45, 2.75) is 12.8 Å². The Morgan fingerprint density at radius 1 is 1.30 bits per heavy atom. The summed E-state index contributed by atoms with van der Waals surface area (Å²) in [5.41, 5.74) is 5.03. The molecule has 0 saturated carbocycles. The number of benzene rings is 1. The second-order valence-corrected chi connectivity index (χ2v) is 4.61. The molecule has 0 aliphatic carbocycles. The van der Waals surface area contributed by atoms with E-state index >= 15 is 0 Å². The zero-order valence-electron chi connectivity index (χ0n) is 11.3. The minimum atomic E-state index is 0.487. The number of rotatable bonds is 3. The zero-order valence-corrected chi connectivity index (χ0v) is 11.3. The molecule has 0 saturated heterocycles. The van der Waals surface area contributed by atoms with Crippen molar-refractivity contribution >= 4 is 17.3 Å². The van der Waals surface area contributed by atoms with Gasteiger partial charge in [-0.1, -0.05) is 18.2 Å². The molecular formula is C14H17N5O. The number of ether oxygens (including phenoxy) is 1. The summed E-state index contributed by atoms with van der Waals surface area (Å²) in [5.74, 6) is 7.27. The highest BCUT2D eigenvalue weighted by Gasteiger charge is 2.23. The van der Waals surface area contributed by atoms with Crippen LogP contribution >= 0.6 is 0 Å². The van der Waals surface area contributed by atoms with Gasteiger partial charge in [-0.05, 0) is 24.5 Å². The third kappa shape index (κ3) is 2.04. The van der Waals surface area contributed by atoms with Crippen molar-refractivity contribution in [3.63, 3.8) is 0 Å². The van der Waals surface area contributed by atoms with Crippen molar-refractivity contribution < 1.29 is 4.74 Å². The summed E-state index contributed by atoms with van der Waals surface area (Å²) in [6.07, 6.45) is 3.65. The predicted octanol–water partition coefficient (Wildman–Crippen LogP) is 1.86. The van der Waals surface area contributed by atoms with Gasteiger partial charge in [0.2, 0.25) is 5.75 Å². The molecule has 0 bridgehead atoms. The first-order chi connectivity index (χ1) is 9.85. The van der Waals surface area contributed by atoms with Gasteiger partial charge < -0.3 is 15.1 Å². The van der Waals surface area contributed by atoms with E-state index in [1.54, 1.807) is 7.11 Å². The second kappa shape index (κ2) is 5.34. The molecule has 6 heteroatoms. The Morgan fingerprint density at radius 3 is 2.95 bits per heavy atom. The van der Waals surface area contributed by atoms with E-state index in [1.807, 2.05) is 6.07 Å². The molecule has 2 aromatic rings. The number of aryl methyl sites for hydroxylation is 1. The molecule has 1 aliphatic heterocycles. The molecule has 3 rings (SSSR count). The Hall–Kier alpha value is -2.34. The molecular weight excluding hydrogens is 254 g/mol. The van der Waals surface area contributed by atoms with Gasteiger partial charge in [0.25, 0.3) is 0 Å². The van der Waals surface area contributed by atoms with Crippen LogP contribution in [0.4, 0.5) is 17.3 Å². The van der Waals surface area contributed by atoms with Crippen LogP contribution in [0.15, 0.2) is 30.6 Å². The van der Waals surface area contributed by atoms with Gasteiger partial charge in [-0.25, -0.2) is 15.8 Å². The Bertz CT molecular complexity index is 616. The van der Waals surface area contributed by atoms with Crippen molar-refractivity contribution in [3.8, 4) is 5.75 Å². The molecule has 104 valence electrons. The maximum absolute atomic E-state index is 5.48. The summed E-state index contributed by atoms with van der Waals surface area (Å²) < 4.78 is 5.43. The second-order valence-electron chi connectivity index (χ2n) is 4.61. The van der Waals surface area contributed by atoms with Crippen LogP contribution in [0.25, 0.3) is 0 Å². The number of nitrogen functional groups attached to an aromatic ring is 1. The van der Waals surface area contributed by atoms with Crippen LogP contribution in [0.5, 0.6) is 5.75 Å². The Kier molecular flexibility index (Phi) is 3.39. The molecule has 0 fully saturated rings. The SMILES string of the molecule is COc1c(NN)ncnc1N1CCCc2ccccc21. The number of nitrogens with zero attached hydrogens (tertiary/aromatic N) is 3. The number of hydrazine groups is 1. The van der Waals surface area contributed by atoms with E-state index in [1.165, 1.54) is 17.6 Å². The summed E-state index contributed by atoms with van der Waals surface area (Å²) in [6, 6.07) is 8.35. The van der Waals surface area contributed by atoms with Crippen LogP contribution in [0, 0.1) is 0 Å². The van der Waals surface area contributed by atoms with E-state index in [2.05, 4.69) is 38.5 Å². The van der Waals surface area contributed by atoms with E-state index in [4.69, 9.17) is 10.6 Å². The standard InChI is InChI=1S/C14H17N5O/c1-20-12-13(18-15)16-9-17-14(12)19-8-4-6-10-5-2-3-7-11(10)19/h2-3,5,7,9H,4,6,8,15H2,1H3,(H,16,17,18). The highest BCUT2D eigenvalue weighted by molar-refractivity contribution is 5.73. The summed E-state index contributed by atoms with van der Waals surface area (Å²) in [6.45, 7) is 0.897. The number of anilines is 3. The molecule has 6 nitrogen and oxygen atoms in total. The lowest BCUT2D eigenvalue weighted by molar-refractivity contribution is 0.413. The van der Waals surface area contributed by atoms with E-state index in [9.17, 15) is 0 Å². The first-order valence-electron chi connectivity index (χ1n) is 6.56. The molecule has 1 aromatic heterocycles. The molecule has 0 amide bonds. The number of aromatic nitrogens is 2. The number of nitrogens with two attached hydrogens (primary N) is 1. The largest absolute Gasteiger partial charge is 0.490 e. The monoisotopic (exact) mass is 271 g/mol. The van der Waals surface area contributed by atoms with E-state index in [0.29, 0.717) is 11.6 Å². The Labute approximate surface area is 117 Å². The van der Waals surface area contributed by atoms with Gasteiger partial charge >= 0.3 is 0 Å². The summed E-state index contributed by atoms with van der Waals surface area (Å²) in [5, 5.41) is 0.